The van der Waals surface area contributed by atoms with Crippen molar-refractivity contribution in [2.75, 3.05) is 5.32 Å². The molecule has 25 heavy (non-hydrogen) atoms. The van der Waals surface area contributed by atoms with Gasteiger partial charge >= 0.3 is 0 Å². The summed E-state index contributed by atoms with van der Waals surface area (Å²) in [6, 6.07) is 11.2. The second-order valence-electron chi connectivity index (χ2n) is 6.31. The van der Waals surface area contributed by atoms with E-state index in [9.17, 15) is 8.42 Å². The van der Waals surface area contributed by atoms with Crippen molar-refractivity contribution in [2.45, 2.75) is 37.6 Å². The van der Waals surface area contributed by atoms with Crippen LogP contribution in [0.1, 0.15) is 28.7 Å². The number of nitrogens with zero attached hydrogens (tertiary/aromatic N) is 1. The number of fused-ring (bicyclic) bond motifs is 1. The van der Waals surface area contributed by atoms with E-state index in [0.29, 0.717) is 18.1 Å². The van der Waals surface area contributed by atoms with Gasteiger partial charge in [0.15, 0.2) is 5.96 Å². The molecule has 132 valence electrons. The minimum atomic E-state index is -3.70. The summed E-state index contributed by atoms with van der Waals surface area (Å²) in [6.07, 6.45) is 3.46. The Morgan fingerprint density at radius 2 is 1.92 bits per heavy atom. The van der Waals surface area contributed by atoms with Gasteiger partial charge in [-0.2, -0.15) is 0 Å². The molecule has 0 aliphatic heterocycles. The van der Waals surface area contributed by atoms with Gasteiger partial charge in [-0.15, -0.1) is 0 Å². The third-order valence-electron chi connectivity index (χ3n) is 4.35. The molecule has 0 atom stereocenters. The summed E-state index contributed by atoms with van der Waals surface area (Å²) in [5.41, 5.74) is 11.1. The predicted molar refractivity (Wildman–Crippen MR) is 100.0 cm³/mol. The number of aryl methyl sites for hydroxylation is 3. The van der Waals surface area contributed by atoms with E-state index in [2.05, 4.69) is 22.4 Å². The van der Waals surface area contributed by atoms with Crippen LogP contribution in [-0.2, 0) is 29.4 Å². The van der Waals surface area contributed by atoms with Crippen LogP contribution in [0.15, 0.2) is 46.3 Å². The molecule has 0 radical (unpaired) electrons. The minimum absolute atomic E-state index is 0.129. The van der Waals surface area contributed by atoms with E-state index in [0.717, 1.165) is 24.1 Å². The molecule has 0 amide bonds. The van der Waals surface area contributed by atoms with Crippen LogP contribution >= 0.6 is 0 Å². The summed E-state index contributed by atoms with van der Waals surface area (Å²) in [7, 11) is -3.70. The zero-order valence-electron chi connectivity index (χ0n) is 14.1. The highest BCUT2D eigenvalue weighted by molar-refractivity contribution is 7.89. The molecule has 2 aromatic rings. The van der Waals surface area contributed by atoms with Crippen LogP contribution in [0.25, 0.3) is 0 Å². The van der Waals surface area contributed by atoms with Crippen LogP contribution < -0.4 is 16.2 Å². The van der Waals surface area contributed by atoms with Crippen molar-refractivity contribution in [1.82, 2.24) is 0 Å². The van der Waals surface area contributed by atoms with Gasteiger partial charge in [-0.3, -0.25) is 0 Å². The number of rotatable bonds is 4. The van der Waals surface area contributed by atoms with E-state index in [-0.39, 0.29) is 4.90 Å². The Hall–Kier alpha value is -2.38. The van der Waals surface area contributed by atoms with Crippen LogP contribution in [-0.4, -0.2) is 14.4 Å². The zero-order valence-corrected chi connectivity index (χ0v) is 14.9. The number of sulfonamides is 1. The number of aliphatic imine (C=N–C) groups is 1. The highest BCUT2D eigenvalue weighted by Gasteiger charge is 2.12. The maximum atomic E-state index is 11.4. The molecular weight excluding hydrogens is 336 g/mol. The molecule has 6 nitrogen and oxygen atoms in total. The molecule has 0 heterocycles. The first-order valence-electron chi connectivity index (χ1n) is 8.14. The summed E-state index contributed by atoms with van der Waals surface area (Å²) in [5.74, 6) is 0.325. The van der Waals surface area contributed by atoms with Gasteiger partial charge in [0, 0.05) is 5.69 Å². The van der Waals surface area contributed by atoms with Gasteiger partial charge in [-0.05, 0) is 66.6 Å². The normalized spacial score (nSPS) is 14.4. The molecule has 1 aliphatic carbocycles. The topological polar surface area (TPSA) is 111 Å². The lowest BCUT2D eigenvalue weighted by atomic mass is 10.1. The zero-order chi connectivity index (χ0) is 18.0. The average Bonchev–Trinajstić information content (AvgIpc) is 2.99. The first kappa shape index (κ1) is 17.4. The van der Waals surface area contributed by atoms with Crippen LogP contribution in [0, 0.1) is 6.92 Å². The number of anilines is 1. The number of nitrogens with one attached hydrogen (secondary N) is 1. The van der Waals surface area contributed by atoms with Crippen molar-refractivity contribution in [3.8, 4) is 0 Å². The Morgan fingerprint density at radius 1 is 1.16 bits per heavy atom. The molecule has 0 saturated carbocycles. The SMILES string of the molecule is Cc1cc(CN=C(N)Nc2ccc3c(c2)CCC3)ccc1S(N)(=O)=O. The van der Waals surface area contributed by atoms with Gasteiger partial charge in [-0.25, -0.2) is 18.5 Å². The van der Waals surface area contributed by atoms with E-state index in [1.807, 2.05) is 6.07 Å². The Balaban J connectivity index is 1.68. The molecule has 0 bridgehead atoms. The summed E-state index contributed by atoms with van der Waals surface area (Å²) >= 11 is 0. The number of hydrogen-bond acceptors (Lipinski definition) is 3. The van der Waals surface area contributed by atoms with E-state index < -0.39 is 10.0 Å². The molecule has 3 rings (SSSR count). The smallest absolute Gasteiger partial charge is 0.238 e. The molecule has 2 aromatic carbocycles. The van der Waals surface area contributed by atoms with Crippen LogP contribution in [0.2, 0.25) is 0 Å². The number of hydrogen-bond donors (Lipinski definition) is 3. The molecular formula is C18H22N4O2S. The maximum Gasteiger partial charge on any atom is 0.238 e. The monoisotopic (exact) mass is 358 g/mol. The van der Waals surface area contributed by atoms with Crippen molar-refractivity contribution < 1.29 is 8.42 Å². The second-order valence-corrected chi connectivity index (χ2v) is 7.84. The van der Waals surface area contributed by atoms with Crippen LogP contribution in [0.4, 0.5) is 5.69 Å². The molecule has 0 unspecified atom stereocenters. The van der Waals surface area contributed by atoms with E-state index in [1.54, 1.807) is 19.1 Å². The molecule has 0 aromatic heterocycles. The molecule has 7 heteroatoms. The number of nitrogens with two attached hydrogens (primary N) is 2. The van der Waals surface area contributed by atoms with Gasteiger partial charge < -0.3 is 11.1 Å². The van der Waals surface area contributed by atoms with Crippen LogP contribution in [0.3, 0.4) is 0 Å². The second kappa shape index (κ2) is 6.85. The quantitative estimate of drug-likeness (QED) is 0.574. The highest BCUT2D eigenvalue weighted by Crippen LogP contribution is 2.24. The lowest BCUT2D eigenvalue weighted by molar-refractivity contribution is 0.597. The van der Waals surface area contributed by atoms with Gasteiger partial charge in [0.05, 0.1) is 11.4 Å². The Kier molecular flexibility index (Phi) is 4.78. The fraction of sp³-hybridized carbons (Fsp3) is 0.278. The van der Waals surface area contributed by atoms with Gasteiger partial charge in [0.2, 0.25) is 10.0 Å². The minimum Gasteiger partial charge on any atom is -0.370 e. The molecule has 0 spiro atoms. The fourth-order valence-electron chi connectivity index (χ4n) is 3.14. The van der Waals surface area contributed by atoms with E-state index >= 15 is 0 Å². The first-order valence-corrected chi connectivity index (χ1v) is 9.68. The van der Waals surface area contributed by atoms with Gasteiger partial charge in [-0.1, -0.05) is 18.2 Å². The summed E-state index contributed by atoms with van der Waals surface area (Å²) in [6.45, 7) is 2.06. The van der Waals surface area contributed by atoms with Crippen molar-refractivity contribution in [3.63, 3.8) is 0 Å². The van der Waals surface area contributed by atoms with E-state index in [1.165, 1.54) is 23.6 Å². The molecule has 1 aliphatic rings. The van der Waals surface area contributed by atoms with Crippen molar-refractivity contribution in [2.24, 2.45) is 15.9 Å². The number of primary sulfonamides is 1. The van der Waals surface area contributed by atoms with Crippen molar-refractivity contribution in [3.05, 3.63) is 58.7 Å². The van der Waals surface area contributed by atoms with E-state index in [4.69, 9.17) is 10.9 Å². The largest absolute Gasteiger partial charge is 0.370 e. The summed E-state index contributed by atoms with van der Waals surface area (Å²) < 4.78 is 22.9. The average molecular weight is 358 g/mol. The fourth-order valence-corrected chi connectivity index (χ4v) is 3.91. The number of benzene rings is 2. The molecule has 5 N–H and O–H groups in total. The molecule has 0 saturated heterocycles. The van der Waals surface area contributed by atoms with Crippen LogP contribution in [0.5, 0.6) is 0 Å². The van der Waals surface area contributed by atoms with Crippen molar-refractivity contribution in [1.29, 1.82) is 0 Å². The third kappa shape index (κ3) is 4.18. The highest BCUT2D eigenvalue weighted by atomic mass is 32.2. The van der Waals surface area contributed by atoms with Gasteiger partial charge in [0.1, 0.15) is 0 Å². The lowest BCUT2D eigenvalue weighted by Gasteiger charge is -2.09. The lowest BCUT2D eigenvalue weighted by Crippen LogP contribution is -2.22. The first-order chi connectivity index (χ1) is 11.8. The van der Waals surface area contributed by atoms with Crippen molar-refractivity contribution >= 4 is 21.7 Å². The van der Waals surface area contributed by atoms with Gasteiger partial charge in [0.25, 0.3) is 0 Å². The Morgan fingerprint density at radius 3 is 2.64 bits per heavy atom. The predicted octanol–water partition coefficient (Wildman–Crippen LogP) is 2.06. The summed E-state index contributed by atoms with van der Waals surface area (Å²) in [4.78, 5) is 4.45. The standard InChI is InChI=1S/C18H22N4O2S/c1-12-9-13(5-8-17(12)25(20,23)24)11-21-18(19)22-16-7-6-14-3-2-4-15(14)10-16/h5-10H,2-4,11H2,1H3,(H3,19,21,22)(H2,20,23,24). The Labute approximate surface area is 148 Å². The summed E-state index contributed by atoms with van der Waals surface area (Å²) in [5, 5.41) is 8.27. The number of guanidine groups is 1. The molecule has 0 fully saturated rings. The maximum absolute atomic E-state index is 11.4. The Bertz CT molecular complexity index is 936. The third-order valence-corrected chi connectivity index (χ3v) is 5.42.